The van der Waals surface area contributed by atoms with E-state index in [1.807, 2.05) is 24.3 Å². The number of anilines is 1. The lowest BCUT2D eigenvalue weighted by Crippen LogP contribution is -2.22. The quantitative estimate of drug-likeness (QED) is 0.640. The molecule has 26 heavy (non-hydrogen) atoms. The number of carbonyl (C=O) groups excluding carboxylic acids is 1. The van der Waals surface area contributed by atoms with E-state index in [1.165, 1.54) is 0 Å². The Balaban J connectivity index is 1.57. The molecule has 0 aliphatic carbocycles. The minimum absolute atomic E-state index is 0.101. The van der Waals surface area contributed by atoms with Crippen molar-refractivity contribution < 1.29 is 18.7 Å². The molecular weight excluding hydrogens is 360 g/mol. The summed E-state index contributed by atoms with van der Waals surface area (Å²) in [5.74, 6) is 1.89. The number of nitrogens with zero attached hydrogens (tertiary/aromatic N) is 2. The minimum atomic E-state index is -0.439. The topological polar surface area (TPSA) is 98.5 Å². The van der Waals surface area contributed by atoms with Gasteiger partial charge in [0.15, 0.2) is 6.10 Å². The Morgan fingerprint density at radius 3 is 3.00 bits per heavy atom. The molecule has 1 amide bonds. The number of amides is 1. The lowest BCUT2D eigenvalue weighted by atomic mass is 10.2. The highest BCUT2D eigenvalue weighted by Gasteiger charge is 2.23. The summed E-state index contributed by atoms with van der Waals surface area (Å²) in [6.45, 7) is 1.09. The summed E-state index contributed by atoms with van der Waals surface area (Å²) in [6.07, 6.45) is 0.830. The zero-order chi connectivity index (χ0) is 17.9. The second-order valence-electron chi connectivity index (χ2n) is 5.65. The summed E-state index contributed by atoms with van der Waals surface area (Å²) < 4.78 is 16.2. The zero-order valence-electron chi connectivity index (χ0n) is 13.6. The largest absolute Gasteiger partial charge is 0.487 e. The number of rotatable bonds is 6. The van der Waals surface area contributed by atoms with Crippen LogP contribution < -0.4 is 15.4 Å². The lowest BCUT2D eigenvalue weighted by Gasteiger charge is -2.13. The van der Waals surface area contributed by atoms with Crippen LogP contribution in [0.15, 0.2) is 41.0 Å². The summed E-state index contributed by atoms with van der Waals surface area (Å²) in [5.41, 5.74) is 0.576. The predicted molar refractivity (Wildman–Crippen MR) is 94.3 cm³/mol. The molecule has 0 spiro atoms. The Kier molecular flexibility index (Phi) is 4.49. The van der Waals surface area contributed by atoms with Gasteiger partial charge in [0.2, 0.25) is 5.28 Å². The molecule has 9 heteroatoms. The molecule has 1 unspecified atom stereocenters. The molecule has 1 aliphatic rings. The number of furan rings is 1. The van der Waals surface area contributed by atoms with Crippen molar-refractivity contribution in [2.45, 2.75) is 12.6 Å². The molecule has 0 radical (unpaired) electrons. The fraction of sp³-hybridized carbons (Fsp3) is 0.235. The molecule has 1 fully saturated rings. The van der Waals surface area contributed by atoms with Crippen molar-refractivity contribution in [1.29, 1.82) is 0 Å². The molecule has 3 aromatic rings. The SMILES string of the molecule is O=C1NCC(COc2cccc3c(NCc4ccco4)nc(Cl)nc23)O1. The van der Waals surface area contributed by atoms with Crippen molar-refractivity contribution in [3.63, 3.8) is 0 Å². The third-order valence-electron chi connectivity index (χ3n) is 3.84. The van der Waals surface area contributed by atoms with Gasteiger partial charge in [-0.3, -0.25) is 0 Å². The number of hydrogen-bond donors (Lipinski definition) is 2. The molecule has 2 N–H and O–H groups in total. The number of carbonyl (C=O) groups is 1. The van der Waals surface area contributed by atoms with Crippen molar-refractivity contribution in [2.75, 3.05) is 18.5 Å². The summed E-state index contributed by atoms with van der Waals surface area (Å²) in [5, 5.41) is 6.65. The molecule has 4 rings (SSSR count). The van der Waals surface area contributed by atoms with E-state index in [0.29, 0.717) is 30.2 Å². The number of nitrogens with one attached hydrogen (secondary N) is 2. The highest BCUT2D eigenvalue weighted by atomic mass is 35.5. The van der Waals surface area contributed by atoms with E-state index in [1.54, 1.807) is 12.3 Å². The Hall–Kier alpha value is -3.00. The number of halogens is 1. The number of cyclic esters (lactones) is 1. The minimum Gasteiger partial charge on any atom is -0.487 e. The first-order valence-electron chi connectivity index (χ1n) is 7.99. The standard InChI is InChI=1S/C17H15ClN4O4/c18-16-21-14-12(15(22-16)19-7-10-3-2-6-24-10)4-1-5-13(14)25-9-11-8-20-17(23)26-11/h1-6,11H,7-9H2,(H,20,23)(H,19,21,22). The fourth-order valence-electron chi connectivity index (χ4n) is 2.64. The number of aromatic nitrogens is 2. The first-order valence-corrected chi connectivity index (χ1v) is 8.36. The van der Waals surface area contributed by atoms with Gasteiger partial charge in [-0.15, -0.1) is 0 Å². The first kappa shape index (κ1) is 16.5. The third kappa shape index (κ3) is 3.50. The van der Waals surface area contributed by atoms with Gasteiger partial charge in [0, 0.05) is 5.39 Å². The Labute approximate surface area is 153 Å². The molecule has 1 aliphatic heterocycles. The van der Waals surface area contributed by atoms with E-state index >= 15 is 0 Å². The number of fused-ring (bicyclic) bond motifs is 1. The normalized spacial score (nSPS) is 16.3. The van der Waals surface area contributed by atoms with Gasteiger partial charge >= 0.3 is 6.09 Å². The Bertz CT molecular complexity index is 932. The number of ether oxygens (including phenoxy) is 2. The monoisotopic (exact) mass is 374 g/mol. The van der Waals surface area contributed by atoms with Crippen LogP contribution >= 0.6 is 11.6 Å². The highest BCUT2D eigenvalue weighted by Crippen LogP contribution is 2.30. The second kappa shape index (κ2) is 7.09. The third-order valence-corrected chi connectivity index (χ3v) is 4.01. The number of hydrogen-bond acceptors (Lipinski definition) is 7. The first-order chi connectivity index (χ1) is 12.7. The van der Waals surface area contributed by atoms with Crippen LogP contribution in [0, 0.1) is 0 Å². The van der Waals surface area contributed by atoms with Crippen LogP contribution in [0.25, 0.3) is 10.9 Å². The summed E-state index contributed by atoms with van der Waals surface area (Å²) in [4.78, 5) is 19.6. The summed E-state index contributed by atoms with van der Waals surface area (Å²) in [6, 6.07) is 9.18. The average molecular weight is 375 g/mol. The van der Waals surface area contributed by atoms with Crippen LogP contribution in [-0.4, -0.2) is 35.3 Å². The van der Waals surface area contributed by atoms with Crippen molar-refractivity contribution >= 4 is 34.4 Å². The molecule has 2 aromatic heterocycles. The smallest absolute Gasteiger partial charge is 0.407 e. The van der Waals surface area contributed by atoms with Crippen LogP contribution in [0.4, 0.5) is 10.6 Å². The molecule has 8 nitrogen and oxygen atoms in total. The van der Waals surface area contributed by atoms with Crippen LogP contribution in [0.5, 0.6) is 5.75 Å². The van der Waals surface area contributed by atoms with E-state index in [9.17, 15) is 4.79 Å². The fourth-order valence-corrected chi connectivity index (χ4v) is 2.81. The van der Waals surface area contributed by atoms with E-state index < -0.39 is 6.09 Å². The average Bonchev–Trinajstić information content (AvgIpc) is 3.29. The van der Waals surface area contributed by atoms with Crippen LogP contribution in [-0.2, 0) is 11.3 Å². The van der Waals surface area contributed by atoms with Gasteiger partial charge in [0.05, 0.1) is 19.4 Å². The number of alkyl carbamates (subject to hydrolysis) is 1. The molecule has 1 saturated heterocycles. The van der Waals surface area contributed by atoms with Gasteiger partial charge in [-0.2, -0.15) is 0 Å². The van der Waals surface area contributed by atoms with Gasteiger partial charge in [-0.1, -0.05) is 6.07 Å². The van der Waals surface area contributed by atoms with E-state index in [0.717, 1.165) is 11.1 Å². The van der Waals surface area contributed by atoms with Crippen molar-refractivity contribution in [2.24, 2.45) is 0 Å². The van der Waals surface area contributed by atoms with Crippen molar-refractivity contribution in [1.82, 2.24) is 15.3 Å². The molecule has 134 valence electrons. The van der Waals surface area contributed by atoms with E-state index in [-0.39, 0.29) is 18.0 Å². The van der Waals surface area contributed by atoms with Crippen LogP contribution in [0.1, 0.15) is 5.76 Å². The maximum Gasteiger partial charge on any atom is 0.407 e. The van der Waals surface area contributed by atoms with Gasteiger partial charge in [0.25, 0.3) is 0 Å². The maximum atomic E-state index is 11.1. The summed E-state index contributed by atoms with van der Waals surface area (Å²) in [7, 11) is 0. The molecule has 1 aromatic carbocycles. The Morgan fingerprint density at radius 2 is 2.23 bits per heavy atom. The van der Waals surface area contributed by atoms with Crippen molar-refractivity contribution in [3.8, 4) is 5.75 Å². The lowest BCUT2D eigenvalue weighted by molar-refractivity contribution is 0.105. The van der Waals surface area contributed by atoms with Gasteiger partial charge in [0.1, 0.15) is 29.5 Å². The zero-order valence-corrected chi connectivity index (χ0v) is 14.3. The maximum absolute atomic E-state index is 11.1. The van der Waals surface area contributed by atoms with Crippen molar-refractivity contribution in [3.05, 3.63) is 47.6 Å². The molecule has 3 heterocycles. The molecule has 1 atom stereocenters. The number of benzene rings is 1. The van der Waals surface area contributed by atoms with E-state index in [4.69, 9.17) is 25.5 Å². The number of para-hydroxylation sites is 1. The van der Waals surface area contributed by atoms with Gasteiger partial charge < -0.3 is 24.5 Å². The Morgan fingerprint density at radius 1 is 1.31 bits per heavy atom. The predicted octanol–water partition coefficient (Wildman–Crippen LogP) is 2.98. The van der Waals surface area contributed by atoms with E-state index in [2.05, 4.69) is 20.6 Å². The highest BCUT2D eigenvalue weighted by molar-refractivity contribution is 6.29. The van der Waals surface area contributed by atoms with Crippen LogP contribution in [0.2, 0.25) is 5.28 Å². The second-order valence-corrected chi connectivity index (χ2v) is 5.98. The van der Waals surface area contributed by atoms with Crippen LogP contribution in [0.3, 0.4) is 0 Å². The molecule has 0 saturated carbocycles. The van der Waals surface area contributed by atoms with Gasteiger partial charge in [-0.05, 0) is 35.9 Å². The molecule has 0 bridgehead atoms. The summed E-state index contributed by atoms with van der Waals surface area (Å²) >= 11 is 6.08. The molecular formula is C17H15ClN4O4. The van der Waals surface area contributed by atoms with Gasteiger partial charge in [-0.25, -0.2) is 14.8 Å².